The molecule has 1 aliphatic carbocycles. The van der Waals surface area contributed by atoms with Crippen molar-refractivity contribution >= 4 is 0 Å². The number of nitrogens with zero attached hydrogens (tertiary/aromatic N) is 1. The van der Waals surface area contributed by atoms with Gasteiger partial charge in [0.15, 0.2) is 0 Å². The molecule has 1 saturated carbocycles. The van der Waals surface area contributed by atoms with Crippen LogP contribution in [0.2, 0.25) is 0 Å². The molecule has 0 bridgehead atoms. The standard InChI is InChI=1S/C18H38N2/c1-5-7-12-20(13-8-6-2)16-18(15-19-4)11-9-10-17(3)14-18/h17,19H,5-16H2,1-4H3. The summed E-state index contributed by atoms with van der Waals surface area (Å²) in [6.07, 6.45) is 11.1. The Hall–Kier alpha value is -0.0800. The minimum Gasteiger partial charge on any atom is -0.319 e. The molecule has 0 aromatic rings. The molecule has 0 aromatic heterocycles. The molecule has 0 spiro atoms. The van der Waals surface area contributed by atoms with Gasteiger partial charge in [0.25, 0.3) is 0 Å². The van der Waals surface area contributed by atoms with Crippen LogP contribution in [-0.4, -0.2) is 38.1 Å². The topological polar surface area (TPSA) is 15.3 Å². The highest BCUT2D eigenvalue weighted by atomic mass is 15.1. The van der Waals surface area contributed by atoms with Crippen LogP contribution in [0.4, 0.5) is 0 Å². The second-order valence-corrected chi connectivity index (χ2v) is 7.22. The van der Waals surface area contributed by atoms with Gasteiger partial charge in [0.1, 0.15) is 0 Å². The van der Waals surface area contributed by atoms with Gasteiger partial charge in [-0.1, -0.05) is 46.5 Å². The third kappa shape index (κ3) is 6.13. The summed E-state index contributed by atoms with van der Waals surface area (Å²) in [6.45, 7) is 12.2. The highest BCUT2D eigenvalue weighted by Gasteiger charge is 2.35. The van der Waals surface area contributed by atoms with Crippen LogP contribution < -0.4 is 5.32 Å². The Bertz CT molecular complexity index is 230. The Morgan fingerprint density at radius 1 is 1.15 bits per heavy atom. The number of unbranched alkanes of at least 4 members (excludes halogenated alkanes) is 2. The fourth-order valence-corrected chi connectivity index (χ4v) is 4.01. The fraction of sp³-hybridized carbons (Fsp3) is 1.00. The normalized spacial score (nSPS) is 27.1. The zero-order valence-electron chi connectivity index (χ0n) is 14.5. The van der Waals surface area contributed by atoms with Crippen molar-refractivity contribution in [1.82, 2.24) is 10.2 Å². The Morgan fingerprint density at radius 3 is 2.30 bits per heavy atom. The molecule has 120 valence electrons. The molecule has 1 aliphatic rings. The first kappa shape index (κ1) is 18.0. The van der Waals surface area contributed by atoms with Crippen LogP contribution in [0, 0.1) is 11.3 Å². The average molecular weight is 283 g/mol. The van der Waals surface area contributed by atoms with E-state index in [-0.39, 0.29) is 0 Å². The lowest BCUT2D eigenvalue weighted by Gasteiger charge is -2.43. The molecule has 2 heteroatoms. The average Bonchev–Trinajstić information content (AvgIpc) is 2.42. The number of rotatable bonds is 10. The predicted octanol–water partition coefficient (Wildman–Crippen LogP) is 4.30. The van der Waals surface area contributed by atoms with Gasteiger partial charge in [-0.05, 0) is 57.2 Å². The van der Waals surface area contributed by atoms with Crippen LogP contribution in [0.15, 0.2) is 0 Å². The van der Waals surface area contributed by atoms with E-state index in [1.807, 2.05) is 0 Å². The molecule has 0 saturated heterocycles. The second kappa shape index (κ2) is 9.78. The summed E-state index contributed by atoms with van der Waals surface area (Å²) in [6, 6.07) is 0. The van der Waals surface area contributed by atoms with Crippen molar-refractivity contribution in [2.75, 3.05) is 33.2 Å². The lowest BCUT2D eigenvalue weighted by molar-refractivity contribution is 0.0801. The summed E-state index contributed by atoms with van der Waals surface area (Å²) in [4.78, 5) is 2.77. The minimum absolute atomic E-state index is 0.536. The van der Waals surface area contributed by atoms with E-state index in [4.69, 9.17) is 0 Å². The van der Waals surface area contributed by atoms with Gasteiger partial charge in [-0.2, -0.15) is 0 Å². The summed E-state index contributed by atoms with van der Waals surface area (Å²) in [5.41, 5.74) is 0.536. The van der Waals surface area contributed by atoms with Crippen molar-refractivity contribution in [3.63, 3.8) is 0 Å². The Balaban J connectivity index is 2.62. The molecule has 1 N–H and O–H groups in total. The first-order valence-corrected chi connectivity index (χ1v) is 9.02. The molecule has 0 radical (unpaired) electrons. The third-order valence-electron chi connectivity index (χ3n) is 4.95. The van der Waals surface area contributed by atoms with Gasteiger partial charge in [-0.25, -0.2) is 0 Å². The van der Waals surface area contributed by atoms with Crippen LogP contribution in [0.1, 0.15) is 72.1 Å². The molecule has 20 heavy (non-hydrogen) atoms. The SMILES string of the molecule is CCCCN(CCCC)CC1(CNC)CCCC(C)C1. The van der Waals surface area contributed by atoms with Crippen molar-refractivity contribution in [2.24, 2.45) is 11.3 Å². The summed E-state index contributed by atoms with van der Waals surface area (Å²) in [5, 5.41) is 3.49. The summed E-state index contributed by atoms with van der Waals surface area (Å²) < 4.78 is 0. The molecule has 0 aliphatic heterocycles. The molecular weight excluding hydrogens is 244 g/mol. The van der Waals surface area contributed by atoms with Crippen molar-refractivity contribution in [2.45, 2.75) is 72.1 Å². The van der Waals surface area contributed by atoms with Gasteiger partial charge < -0.3 is 10.2 Å². The van der Waals surface area contributed by atoms with E-state index in [1.165, 1.54) is 77.5 Å². The lowest BCUT2D eigenvalue weighted by atomic mass is 9.69. The highest BCUT2D eigenvalue weighted by molar-refractivity contribution is 4.89. The Morgan fingerprint density at radius 2 is 1.80 bits per heavy atom. The van der Waals surface area contributed by atoms with Gasteiger partial charge >= 0.3 is 0 Å². The number of nitrogens with one attached hydrogen (secondary N) is 1. The molecule has 2 unspecified atom stereocenters. The van der Waals surface area contributed by atoms with E-state index < -0.39 is 0 Å². The second-order valence-electron chi connectivity index (χ2n) is 7.22. The monoisotopic (exact) mass is 282 g/mol. The van der Waals surface area contributed by atoms with E-state index in [2.05, 4.69) is 38.0 Å². The van der Waals surface area contributed by atoms with E-state index in [9.17, 15) is 0 Å². The van der Waals surface area contributed by atoms with Crippen LogP contribution in [-0.2, 0) is 0 Å². The quantitative estimate of drug-likeness (QED) is 0.642. The zero-order valence-corrected chi connectivity index (χ0v) is 14.5. The van der Waals surface area contributed by atoms with Crippen molar-refractivity contribution in [3.8, 4) is 0 Å². The van der Waals surface area contributed by atoms with Crippen LogP contribution in [0.5, 0.6) is 0 Å². The smallest absolute Gasteiger partial charge is 0.00502 e. The first-order chi connectivity index (χ1) is 9.65. The van der Waals surface area contributed by atoms with Gasteiger partial charge in [0, 0.05) is 13.1 Å². The van der Waals surface area contributed by atoms with Gasteiger partial charge in [-0.3, -0.25) is 0 Å². The first-order valence-electron chi connectivity index (χ1n) is 9.02. The number of hydrogen-bond acceptors (Lipinski definition) is 2. The van der Waals surface area contributed by atoms with Crippen molar-refractivity contribution in [3.05, 3.63) is 0 Å². The van der Waals surface area contributed by atoms with E-state index >= 15 is 0 Å². The molecule has 1 rings (SSSR count). The molecule has 0 amide bonds. The highest BCUT2D eigenvalue weighted by Crippen LogP contribution is 2.39. The molecule has 2 atom stereocenters. The third-order valence-corrected chi connectivity index (χ3v) is 4.95. The molecule has 2 nitrogen and oxygen atoms in total. The van der Waals surface area contributed by atoms with Crippen molar-refractivity contribution < 1.29 is 0 Å². The maximum absolute atomic E-state index is 3.49. The zero-order chi connectivity index (χ0) is 14.8. The van der Waals surface area contributed by atoms with E-state index in [1.54, 1.807) is 0 Å². The van der Waals surface area contributed by atoms with E-state index in [0.29, 0.717) is 5.41 Å². The fourth-order valence-electron chi connectivity index (χ4n) is 4.01. The van der Waals surface area contributed by atoms with Gasteiger partial charge in [0.2, 0.25) is 0 Å². The summed E-state index contributed by atoms with van der Waals surface area (Å²) in [5.74, 6) is 0.913. The molecule has 0 heterocycles. The Labute approximate surface area is 127 Å². The van der Waals surface area contributed by atoms with E-state index in [0.717, 1.165) is 5.92 Å². The van der Waals surface area contributed by atoms with Crippen molar-refractivity contribution in [1.29, 1.82) is 0 Å². The van der Waals surface area contributed by atoms with Gasteiger partial charge in [0.05, 0.1) is 0 Å². The van der Waals surface area contributed by atoms with Crippen LogP contribution in [0.3, 0.4) is 0 Å². The summed E-state index contributed by atoms with van der Waals surface area (Å²) in [7, 11) is 2.13. The molecule has 1 fully saturated rings. The minimum atomic E-state index is 0.536. The maximum Gasteiger partial charge on any atom is 0.00502 e. The number of hydrogen-bond donors (Lipinski definition) is 1. The largest absolute Gasteiger partial charge is 0.319 e. The van der Waals surface area contributed by atoms with Gasteiger partial charge in [-0.15, -0.1) is 0 Å². The van der Waals surface area contributed by atoms with Crippen LogP contribution in [0.25, 0.3) is 0 Å². The molecule has 0 aromatic carbocycles. The summed E-state index contributed by atoms with van der Waals surface area (Å²) >= 11 is 0. The Kier molecular flexibility index (Phi) is 8.79. The molecular formula is C18H38N2. The van der Waals surface area contributed by atoms with Crippen LogP contribution >= 0.6 is 0 Å². The lowest BCUT2D eigenvalue weighted by Crippen LogP contribution is -2.46. The predicted molar refractivity (Wildman–Crippen MR) is 90.2 cm³/mol. The maximum atomic E-state index is 3.49.